The third-order valence-corrected chi connectivity index (χ3v) is 2.60. The largest absolute Gasteiger partial charge is 0.349 e. The average molecular weight is 229 g/mol. The number of hydrogen-bond acceptors (Lipinski definition) is 2. The predicted octanol–water partition coefficient (Wildman–Crippen LogP) is 2.01. The van der Waals surface area contributed by atoms with Crippen LogP contribution in [0.3, 0.4) is 0 Å². The van der Waals surface area contributed by atoms with E-state index in [-0.39, 0.29) is 5.56 Å². The number of rotatable bonds is 3. The molecular weight excluding hydrogens is 217 g/mol. The maximum Gasteiger partial charge on any atom is 0.145 e. The molecule has 2 rings (SSSR count). The third-order valence-electron chi connectivity index (χ3n) is 2.60. The third kappa shape index (κ3) is 2.35. The smallest absolute Gasteiger partial charge is 0.145 e. The summed E-state index contributed by atoms with van der Waals surface area (Å²) >= 11 is 0. The molecule has 1 aromatic carbocycles. The Hall–Kier alpha value is -2.12. The van der Waals surface area contributed by atoms with E-state index in [1.54, 1.807) is 12.1 Å². The molecule has 0 saturated carbocycles. The standard InChI is InChI=1S/C13H12FN3/c14-13-11(7-16)2-1-3-12(13)9-17-5-4-10(6-15)8-17/h1-5,8H,6,9,15H2. The highest BCUT2D eigenvalue weighted by molar-refractivity contribution is 5.35. The van der Waals surface area contributed by atoms with Crippen molar-refractivity contribution in [2.24, 2.45) is 5.73 Å². The Labute approximate surface area is 98.9 Å². The number of benzene rings is 1. The van der Waals surface area contributed by atoms with Crippen LogP contribution in [0.15, 0.2) is 36.7 Å². The Kier molecular flexibility index (Phi) is 3.22. The Morgan fingerprint density at radius 3 is 2.82 bits per heavy atom. The molecule has 0 atom stereocenters. The molecule has 0 spiro atoms. The summed E-state index contributed by atoms with van der Waals surface area (Å²) in [6.07, 6.45) is 3.72. The number of hydrogen-bond donors (Lipinski definition) is 1. The van der Waals surface area contributed by atoms with Crippen molar-refractivity contribution in [3.05, 3.63) is 59.2 Å². The molecule has 0 aliphatic heterocycles. The minimum absolute atomic E-state index is 0.0775. The van der Waals surface area contributed by atoms with Gasteiger partial charge >= 0.3 is 0 Å². The van der Waals surface area contributed by atoms with Crippen molar-refractivity contribution < 1.29 is 4.39 Å². The van der Waals surface area contributed by atoms with Crippen LogP contribution in [0.2, 0.25) is 0 Å². The van der Waals surface area contributed by atoms with E-state index in [0.29, 0.717) is 18.7 Å². The van der Waals surface area contributed by atoms with Crippen molar-refractivity contribution in [2.75, 3.05) is 0 Å². The molecule has 3 nitrogen and oxygen atoms in total. The number of nitrogens with two attached hydrogens (primary N) is 1. The zero-order valence-electron chi connectivity index (χ0n) is 9.23. The number of nitriles is 1. The summed E-state index contributed by atoms with van der Waals surface area (Å²) in [6.45, 7) is 0.870. The van der Waals surface area contributed by atoms with Crippen molar-refractivity contribution in [3.8, 4) is 6.07 Å². The molecule has 0 radical (unpaired) electrons. The number of halogens is 1. The lowest BCUT2D eigenvalue weighted by Crippen LogP contribution is -2.01. The van der Waals surface area contributed by atoms with Gasteiger partial charge in [0.05, 0.1) is 5.56 Å². The van der Waals surface area contributed by atoms with Crippen LogP contribution in [0, 0.1) is 17.1 Å². The van der Waals surface area contributed by atoms with E-state index in [1.807, 2.05) is 29.1 Å². The lowest BCUT2D eigenvalue weighted by molar-refractivity contribution is 0.596. The quantitative estimate of drug-likeness (QED) is 0.875. The van der Waals surface area contributed by atoms with Crippen LogP contribution in [-0.4, -0.2) is 4.57 Å². The van der Waals surface area contributed by atoms with Gasteiger partial charge in [-0.3, -0.25) is 0 Å². The maximum absolute atomic E-state index is 13.8. The predicted molar refractivity (Wildman–Crippen MR) is 62.5 cm³/mol. The number of nitrogens with zero attached hydrogens (tertiary/aromatic N) is 2. The fourth-order valence-corrected chi connectivity index (χ4v) is 1.69. The molecule has 0 amide bonds. The minimum atomic E-state index is -0.446. The zero-order chi connectivity index (χ0) is 12.3. The van der Waals surface area contributed by atoms with E-state index in [1.165, 1.54) is 6.07 Å². The van der Waals surface area contributed by atoms with Crippen LogP contribution in [-0.2, 0) is 13.1 Å². The first-order chi connectivity index (χ1) is 8.24. The van der Waals surface area contributed by atoms with Gasteiger partial charge in [0.25, 0.3) is 0 Å². The lowest BCUT2D eigenvalue weighted by atomic mass is 10.1. The van der Waals surface area contributed by atoms with Gasteiger partial charge in [-0.05, 0) is 17.7 Å². The molecule has 1 aromatic heterocycles. The molecular formula is C13H12FN3. The number of aromatic nitrogens is 1. The van der Waals surface area contributed by atoms with Crippen LogP contribution in [0.5, 0.6) is 0 Å². The van der Waals surface area contributed by atoms with E-state index >= 15 is 0 Å². The monoisotopic (exact) mass is 229 g/mol. The van der Waals surface area contributed by atoms with Crippen LogP contribution in [0.1, 0.15) is 16.7 Å². The molecule has 0 aliphatic rings. The van der Waals surface area contributed by atoms with Crippen molar-refractivity contribution in [1.29, 1.82) is 5.26 Å². The SMILES string of the molecule is N#Cc1cccc(Cn2ccc(CN)c2)c1F. The van der Waals surface area contributed by atoms with Gasteiger partial charge in [-0.1, -0.05) is 12.1 Å². The first-order valence-corrected chi connectivity index (χ1v) is 5.27. The second kappa shape index (κ2) is 4.81. The molecule has 4 heteroatoms. The fraction of sp³-hybridized carbons (Fsp3) is 0.154. The van der Waals surface area contributed by atoms with Crippen molar-refractivity contribution in [3.63, 3.8) is 0 Å². The van der Waals surface area contributed by atoms with E-state index in [0.717, 1.165) is 5.56 Å². The van der Waals surface area contributed by atoms with Gasteiger partial charge in [0.15, 0.2) is 0 Å². The van der Waals surface area contributed by atoms with Crippen molar-refractivity contribution in [1.82, 2.24) is 4.57 Å². The average Bonchev–Trinajstić information content (AvgIpc) is 2.79. The van der Waals surface area contributed by atoms with E-state index in [4.69, 9.17) is 11.0 Å². The Bertz CT molecular complexity index is 566. The van der Waals surface area contributed by atoms with Gasteiger partial charge in [0.2, 0.25) is 0 Å². The van der Waals surface area contributed by atoms with Gasteiger partial charge < -0.3 is 10.3 Å². The molecule has 0 fully saturated rings. The van der Waals surface area contributed by atoms with Crippen LogP contribution in [0.4, 0.5) is 4.39 Å². The second-order valence-corrected chi connectivity index (χ2v) is 3.79. The molecule has 0 bridgehead atoms. The fourth-order valence-electron chi connectivity index (χ4n) is 1.69. The van der Waals surface area contributed by atoms with Gasteiger partial charge in [0, 0.05) is 31.0 Å². The minimum Gasteiger partial charge on any atom is -0.349 e. The summed E-state index contributed by atoms with van der Waals surface area (Å²) in [5.41, 5.74) is 7.08. The van der Waals surface area contributed by atoms with Gasteiger partial charge in [0.1, 0.15) is 11.9 Å². The van der Waals surface area contributed by atoms with E-state index in [2.05, 4.69) is 0 Å². The first-order valence-electron chi connectivity index (χ1n) is 5.27. The van der Waals surface area contributed by atoms with Gasteiger partial charge in [-0.2, -0.15) is 5.26 Å². The normalized spacial score (nSPS) is 10.2. The van der Waals surface area contributed by atoms with Crippen LogP contribution < -0.4 is 5.73 Å². The second-order valence-electron chi connectivity index (χ2n) is 3.79. The summed E-state index contributed by atoms with van der Waals surface area (Å²) in [7, 11) is 0. The highest BCUT2D eigenvalue weighted by Gasteiger charge is 2.07. The highest BCUT2D eigenvalue weighted by atomic mass is 19.1. The summed E-state index contributed by atoms with van der Waals surface area (Å²) in [4.78, 5) is 0. The Morgan fingerprint density at radius 2 is 2.18 bits per heavy atom. The molecule has 2 N–H and O–H groups in total. The van der Waals surface area contributed by atoms with Crippen molar-refractivity contribution in [2.45, 2.75) is 13.1 Å². The molecule has 2 aromatic rings. The molecule has 0 aliphatic carbocycles. The summed E-state index contributed by atoms with van der Waals surface area (Å²) in [5, 5.41) is 8.74. The molecule has 86 valence electrons. The summed E-state index contributed by atoms with van der Waals surface area (Å²) in [5.74, 6) is -0.446. The molecule has 0 unspecified atom stereocenters. The Balaban J connectivity index is 2.27. The Morgan fingerprint density at radius 1 is 1.35 bits per heavy atom. The summed E-state index contributed by atoms with van der Waals surface area (Å²) in [6, 6.07) is 8.56. The van der Waals surface area contributed by atoms with Gasteiger partial charge in [-0.25, -0.2) is 4.39 Å². The van der Waals surface area contributed by atoms with Gasteiger partial charge in [-0.15, -0.1) is 0 Å². The van der Waals surface area contributed by atoms with E-state index < -0.39 is 5.82 Å². The van der Waals surface area contributed by atoms with Crippen molar-refractivity contribution >= 4 is 0 Å². The zero-order valence-corrected chi connectivity index (χ0v) is 9.23. The topological polar surface area (TPSA) is 54.7 Å². The van der Waals surface area contributed by atoms with Crippen LogP contribution >= 0.6 is 0 Å². The molecule has 0 saturated heterocycles. The first kappa shape index (κ1) is 11.4. The molecule has 17 heavy (non-hydrogen) atoms. The lowest BCUT2D eigenvalue weighted by Gasteiger charge is -2.05. The molecule has 1 heterocycles. The maximum atomic E-state index is 13.8. The van der Waals surface area contributed by atoms with Crippen LogP contribution in [0.25, 0.3) is 0 Å². The summed E-state index contributed by atoms with van der Waals surface area (Å²) < 4.78 is 15.6. The highest BCUT2D eigenvalue weighted by Crippen LogP contribution is 2.14. The van der Waals surface area contributed by atoms with E-state index in [9.17, 15) is 4.39 Å².